The number of anilines is 1. The summed E-state index contributed by atoms with van der Waals surface area (Å²) in [5, 5.41) is 6.18. The summed E-state index contributed by atoms with van der Waals surface area (Å²) in [7, 11) is 1.69. The van der Waals surface area contributed by atoms with Gasteiger partial charge in [0.25, 0.3) is 5.91 Å². The van der Waals surface area contributed by atoms with Gasteiger partial charge >= 0.3 is 0 Å². The van der Waals surface area contributed by atoms with Gasteiger partial charge < -0.3 is 15.5 Å². The van der Waals surface area contributed by atoms with Crippen molar-refractivity contribution in [1.29, 1.82) is 0 Å². The first kappa shape index (κ1) is 22.6. The minimum absolute atomic E-state index is 0.269. The summed E-state index contributed by atoms with van der Waals surface area (Å²) in [6.07, 6.45) is 0. The van der Waals surface area contributed by atoms with Crippen molar-refractivity contribution in [3.05, 3.63) is 88.9 Å². The first-order valence-corrected chi connectivity index (χ1v) is 11.0. The molecule has 0 aromatic heterocycles. The van der Waals surface area contributed by atoms with Crippen LogP contribution in [0.3, 0.4) is 0 Å². The van der Waals surface area contributed by atoms with Crippen LogP contribution in [-0.4, -0.2) is 24.8 Å². The van der Waals surface area contributed by atoms with Gasteiger partial charge in [0.2, 0.25) is 11.8 Å². The van der Waals surface area contributed by atoms with Gasteiger partial charge in [-0.15, -0.1) is 0 Å². The van der Waals surface area contributed by atoms with Crippen molar-refractivity contribution in [2.75, 3.05) is 11.9 Å². The second-order valence-corrected chi connectivity index (χ2v) is 8.45. The smallest absolute Gasteiger partial charge is 0.253 e. The zero-order valence-electron chi connectivity index (χ0n) is 18.3. The Balaban J connectivity index is 1.52. The van der Waals surface area contributed by atoms with Gasteiger partial charge in [-0.05, 0) is 41.8 Å². The van der Waals surface area contributed by atoms with E-state index in [9.17, 15) is 14.4 Å². The highest BCUT2D eigenvalue weighted by molar-refractivity contribution is 6.30. The molecule has 2 N–H and O–H groups in total. The molecule has 1 aliphatic heterocycles. The fraction of sp³-hybridized carbons (Fsp3) is 0.192. The molecular weight excluding hydrogens is 438 g/mol. The highest BCUT2D eigenvalue weighted by atomic mass is 35.5. The standard InChI is InChI=1S/C26H24ClN3O3/c1-16(24(31)28-15-17-11-13-18(27)14-12-17)25(32)29-23-21-9-4-3-7-19(21)20-8-5-6-10-22(20)30(2)26(23)33/h3-14,16,23H,15H2,1-2H3,(H,28,31)(H,29,32)/t16-,23+/m1/s1. The first-order chi connectivity index (χ1) is 15.9. The zero-order chi connectivity index (χ0) is 23.5. The number of fused-ring (bicyclic) bond motifs is 3. The third kappa shape index (κ3) is 4.61. The number of rotatable bonds is 5. The molecule has 1 aliphatic rings. The van der Waals surface area contributed by atoms with Gasteiger partial charge in [0.1, 0.15) is 12.0 Å². The van der Waals surface area contributed by atoms with Gasteiger partial charge in [0.15, 0.2) is 0 Å². The third-order valence-corrected chi connectivity index (χ3v) is 6.11. The highest BCUT2D eigenvalue weighted by Crippen LogP contribution is 2.39. The number of carbonyl (C=O) groups excluding carboxylic acids is 3. The third-order valence-electron chi connectivity index (χ3n) is 5.86. The molecular formula is C26H24ClN3O3. The van der Waals surface area contributed by atoms with Crippen molar-refractivity contribution in [1.82, 2.24) is 10.6 Å². The van der Waals surface area contributed by atoms with Crippen LogP contribution in [0.1, 0.15) is 24.1 Å². The molecule has 3 amide bonds. The maximum Gasteiger partial charge on any atom is 0.253 e. The van der Waals surface area contributed by atoms with Crippen molar-refractivity contribution in [3.63, 3.8) is 0 Å². The van der Waals surface area contributed by atoms with Gasteiger partial charge in [-0.3, -0.25) is 14.4 Å². The molecule has 33 heavy (non-hydrogen) atoms. The van der Waals surface area contributed by atoms with E-state index >= 15 is 0 Å². The Morgan fingerprint density at radius 2 is 1.58 bits per heavy atom. The molecule has 4 rings (SSSR count). The van der Waals surface area contributed by atoms with E-state index < -0.39 is 23.8 Å². The van der Waals surface area contributed by atoms with Gasteiger partial charge in [-0.2, -0.15) is 0 Å². The van der Waals surface area contributed by atoms with Gasteiger partial charge in [0.05, 0.1) is 5.69 Å². The van der Waals surface area contributed by atoms with Crippen LogP contribution in [0, 0.1) is 5.92 Å². The summed E-state index contributed by atoms with van der Waals surface area (Å²) in [5.74, 6) is -2.19. The van der Waals surface area contributed by atoms with E-state index in [1.165, 1.54) is 6.92 Å². The summed E-state index contributed by atoms with van der Waals surface area (Å²) < 4.78 is 0. The number of nitrogens with zero attached hydrogens (tertiary/aromatic N) is 1. The number of para-hydroxylation sites is 1. The predicted molar refractivity (Wildman–Crippen MR) is 129 cm³/mol. The van der Waals surface area contributed by atoms with Crippen molar-refractivity contribution in [2.45, 2.75) is 19.5 Å². The van der Waals surface area contributed by atoms with E-state index in [1.54, 1.807) is 24.1 Å². The molecule has 0 radical (unpaired) electrons. The second-order valence-electron chi connectivity index (χ2n) is 8.01. The fourth-order valence-corrected chi connectivity index (χ4v) is 4.03. The lowest BCUT2D eigenvalue weighted by atomic mass is 9.95. The minimum atomic E-state index is -0.979. The number of hydrogen-bond donors (Lipinski definition) is 2. The van der Waals surface area contributed by atoms with E-state index in [-0.39, 0.29) is 12.5 Å². The molecule has 0 saturated carbocycles. The average Bonchev–Trinajstić information content (AvgIpc) is 2.93. The van der Waals surface area contributed by atoms with Crippen LogP contribution in [0.2, 0.25) is 5.02 Å². The summed E-state index contributed by atoms with van der Waals surface area (Å²) >= 11 is 5.89. The van der Waals surface area contributed by atoms with E-state index in [1.807, 2.05) is 60.7 Å². The number of amides is 3. The molecule has 0 unspecified atom stereocenters. The lowest BCUT2D eigenvalue weighted by Crippen LogP contribution is -2.45. The van der Waals surface area contributed by atoms with Crippen LogP contribution in [0.5, 0.6) is 0 Å². The average molecular weight is 462 g/mol. The molecule has 6 nitrogen and oxygen atoms in total. The maximum atomic E-state index is 13.3. The van der Waals surface area contributed by atoms with Gasteiger partial charge in [-0.1, -0.05) is 66.2 Å². The van der Waals surface area contributed by atoms with Crippen molar-refractivity contribution < 1.29 is 14.4 Å². The Bertz CT molecular complexity index is 1210. The Morgan fingerprint density at radius 3 is 2.30 bits per heavy atom. The minimum Gasteiger partial charge on any atom is -0.351 e. The molecule has 168 valence electrons. The first-order valence-electron chi connectivity index (χ1n) is 10.6. The van der Waals surface area contributed by atoms with E-state index in [2.05, 4.69) is 10.6 Å². The van der Waals surface area contributed by atoms with Crippen LogP contribution in [0.25, 0.3) is 11.1 Å². The molecule has 0 bridgehead atoms. The van der Waals surface area contributed by atoms with E-state index in [4.69, 9.17) is 11.6 Å². The van der Waals surface area contributed by atoms with Crippen LogP contribution in [-0.2, 0) is 20.9 Å². The molecule has 0 saturated heterocycles. The Hall–Kier alpha value is -3.64. The van der Waals surface area contributed by atoms with Crippen LogP contribution < -0.4 is 15.5 Å². The largest absolute Gasteiger partial charge is 0.351 e. The molecule has 0 aliphatic carbocycles. The molecule has 0 spiro atoms. The molecule has 3 aromatic rings. The number of benzene rings is 3. The maximum absolute atomic E-state index is 13.3. The Labute approximate surface area is 197 Å². The van der Waals surface area contributed by atoms with Crippen molar-refractivity contribution >= 4 is 35.0 Å². The van der Waals surface area contributed by atoms with Crippen molar-refractivity contribution in [3.8, 4) is 11.1 Å². The number of nitrogens with one attached hydrogen (secondary N) is 2. The summed E-state index contributed by atoms with van der Waals surface area (Å²) in [5.41, 5.74) is 4.11. The predicted octanol–water partition coefficient (Wildman–Crippen LogP) is 4.09. The lowest BCUT2D eigenvalue weighted by Gasteiger charge is -2.24. The molecule has 0 fully saturated rings. The van der Waals surface area contributed by atoms with Crippen LogP contribution >= 0.6 is 11.6 Å². The van der Waals surface area contributed by atoms with Gasteiger partial charge in [0, 0.05) is 24.2 Å². The number of likely N-dealkylation sites (N-methyl/N-ethyl adjacent to an activating group) is 1. The fourth-order valence-electron chi connectivity index (χ4n) is 3.90. The van der Waals surface area contributed by atoms with Gasteiger partial charge in [-0.25, -0.2) is 0 Å². The Kier molecular flexibility index (Phi) is 6.47. The zero-order valence-corrected chi connectivity index (χ0v) is 19.1. The van der Waals surface area contributed by atoms with E-state index in [0.717, 1.165) is 22.4 Å². The molecule has 2 atom stereocenters. The topological polar surface area (TPSA) is 78.5 Å². The quantitative estimate of drug-likeness (QED) is 0.562. The highest BCUT2D eigenvalue weighted by Gasteiger charge is 2.34. The summed E-state index contributed by atoms with van der Waals surface area (Å²) in [4.78, 5) is 40.5. The number of hydrogen-bond acceptors (Lipinski definition) is 3. The monoisotopic (exact) mass is 461 g/mol. The summed E-state index contributed by atoms with van der Waals surface area (Å²) in [6.45, 7) is 1.80. The van der Waals surface area contributed by atoms with Crippen LogP contribution in [0.4, 0.5) is 5.69 Å². The molecule has 1 heterocycles. The summed E-state index contributed by atoms with van der Waals surface area (Å²) in [6, 6.07) is 21.3. The SMILES string of the molecule is C[C@H](C(=O)NCc1ccc(Cl)cc1)C(=O)N[C@@H]1C(=O)N(C)c2ccccc2-c2ccccc21. The normalized spacial score (nSPS) is 15.7. The Morgan fingerprint density at radius 1 is 0.939 bits per heavy atom. The second kappa shape index (κ2) is 9.46. The molecule has 7 heteroatoms. The number of carbonyl (C=O) groups is 3. The van der Waals surface area contributed by atoms with E-state index in [0.29, 0.717) is 10.6 Å². The molecule has 3 aromatic carbocycles. The lowest BCUT2D eigenvalue weighted by molar-refractivity contribution is -0.136. The number of halogens is 1. The van der Waals surface area contributed by atoms with Crippen LogP contribution in [0.15, 0.2) is 72.8 Å². The van der Waals surface area contributed by atoms with Crippen molar-refractivity contribution in [2.24, 2.45) is 5.92 Å².